The Bertz CT molecular complexity index is 1230. The Morgan fingerprint density at radius 2 is 1.78 bits per heavy atom. The van der Waals surface area contributed by atoms with Crippen LogP contribution >= 0.6 is 0 Å². The molecular weight excluding hydrogens is 498 g/mol. The number of aromatic nitrogens is 2. The van der Waals surface area contributed by atoms with Crippen LogP contribution in [0.15, 0.2) is 46.1 Å². The molecule has 2 heterocycles. The molecule has 1 aromatic heterocycles. The highest BCUT2D eigenvalue weighted by Gasteiger charge is 2.38. The molecule has 0 bridgehead atoms. The summed E-state index contributed by atoms with van der Waals surface area (Å²) in [7, 11) is 0. The van der Waals surface area contributed by atoms with Crippen molar-refractivity contribution in [2.75, 3.05) is 6.54 Å². The van der Waals surface area contributed by atoms with Crippen molar-refractivity contribution in [3.05, 3.63) is 58.6 Å². The van der Waals surface area contributed by atoms with Crippen LogP contribution in [0.5, 0.6) is 0 Å². The van der Waals surface area contributed by atoms with Gasteiger partial charge in [-0.1, -0.05) is 11.2 Å². The van der Waals surface area contributed by atoms with Crippen molar-refractivity contribution in [2.45, 2.75) is 43.6 Å². The summed E-state index contributed by atoms with van der Waals surface area (Å²) in [6.45, 7) is 0.314. The quantitative estimate of drug-likeness (QED) is 0.574. The van der Waals surface area contributed by atoms with E-state index < -0.39 is 58.8 Å². The summed E-state index contributed by atoms with van der Waals surface area (Å²) < 4.78 is 83.9. The monoisotopic (exact) mass is 516 g/mol. The standard InChI is InChI=1S/C22H18F6N4O4/c23-21(24,25)13-6-12(7-14(8-13)22(26,27)28)19-30-18(31-36-19)11-1-2-16-10(5-11)3-4-32(16)17(33)9-15(29)20(34)35/h1-2,6-8,11,15H,3-5,9,29H2,(H,34,35)/t11?,15-/m0/s1. The van der Waals surface area contributed by atoms with Gasteiger partial charge in [0, 0.05) is 23.7 Å². The van der Waals surface area contributed by atoms with Gasteiger partial charge in [-0.25, -0.2) is 0 Å². The average molecular weight is 516 g/mol. The van der Waals surface area contributed by atoms with Gasteiger partial charge in [0.2, 0.25) is 5.91 Å². The third-order valence-corrected chi connectivity index (χ3v) is 5.86. The molecule has 1 aliphatic carbocycles. The minimum Gasteiger partial charge on any atom is -0.480 e. The summed E-state index contributed by atoms with van der Waals surface area (Å²) in [5.41, 5.74) is 3.33. The number of benzene rings is 1. The molecule has 3 N–H and O–H groups in total. The number of halogens is 6. The van der Waals surface area contributed by atoms with Crippen LogP contribution in [0.2, 0.25) is 0 Å². The summed E-state index contributed by atoms with van der Waals surface area (Å²) in [5.74, 6) is -2.69. The lowest BCUT2D eigenvalue weighted by Crippen LogP contribution is -2.38. The van der Waals surface area contributed by atoms with Gasteiger partial charge < -0.3 is 20.3 Å². The Balaban J connectivity index is 1.55. The van der Waals surface area contributed by atoms with Gasteiger partial charge in [0.1, 0.15) is 6.04 Å². The number of nitrogens with two attached hydrogens (primary N) is 1. The second-order valence-electron chi connectivity index (χ2n) is 8.36. The van der Waals surface area contributed by atoms with E-state index in [1.807, 2.05) is 0 Å². The minimum absolute atomic E-state index is 0.00906. The smallest absolute Gasteiger partial charge is 0.416 e. The first-order chi connectivity index (χ1) is 16.7. The number of nitrogens with zero attached hydrogens (tertiary/aromatic N) is 3. The molecule has 36 heavy (non-hydrogen) atoms. The molecule has 192 valence electrons. The molecule has 0 fully saturated rings. The molecule has 1 unspecified atom stereocenters. The van der Waals surface area contributed by atoms with E-state index in [0.717, 1.165) is 5.57 Å². The lowest BCUT2D eigenvalue weighted by Gasteiger charge is -2.22. The van der Waals surface area contributed by atoms with Gasteiger partial charge in [-0.2, -0.15) is 31.3 Å². The predicted molar refractivity (Wildman–Crippen MR) is 110 cm³/mol. The first-order valence-corrected chi connectivity index (χ1v) is 10.6. The van der Waals surface area contributed by atoms with Gasteiger partial charge in [0.05, 0.1) is 17.5 Å². The highest BCUT2D eigenvalue weighted by atomic mass is 19.4. The SMILES string of the molecule is N[C@@H](CC(=O)N1CCC2=C1C=CC(c1noc(-c3cc(C(F)(F)F)cc(C(F)(F)F)c3)n1)C2)C(=O)O. The Morgan fingerprint density at radius 3 is 2.36 bits per heavy atom. The van der Waals surface area contributed by atoms with E-state index in [-0.39, 0.29) is 18.3 Å². The molecule has 2 aliphatic rings. The van der Waals surface area contributed by atoms with Crippen LogP contribution in [-0.4, -0.2) is 44.6 Å². The van der Waals surface area contributed by atoms with Gasteiger partial charge in [-0.05, 0) is 42.7 Å². The van der Waals surface area contributed by atoms with Crippen LogP contribution in [0, 0.1) is 0 Å². The largest absolute Gasteiger partial charge is 0.480 e. The number of hydrogen-bond acceptors (Lipinski definition) is 6. The zero-order valence-electron chi connectivity index (χ0n) is 18.2. The zero-order chi connectivity index (χ0) is 26.4. The predicted octanol–water partition coefficient (Wildman–Crippen LogP) is 4.11. The third-order valence-electron chi connectivity index (χ3n) is 5.86. The van der Waals surface area contributed by atoms with Crippen molar-refractivity contribution in [3.8, 4) is 11.5 Å². The number of carbonyl (C=O) groups is 2. The fraction of sp³-hybridized carbons (Fsp3) is 0.364. The molecule has 2 atom stereocenters. The van der Waals surface area contributed by atoms with Crippen LogP contribution < -0.4 is 5.73 Å². The van der Waals surface area contributed by atoms with E-state index in [0.29, 0.717) is 37.2 Å². The molecule has 4 rings (SSSR count). The molecule has 0 saturated carbocycles. The highest BCUT2D eigenvalue weighted by molar-refractivity contribution is 5.86. The van der Waals surface area contributed by atoms with E-state index in [1.165, 1.54) is 4.90 Å². The molecular formula is C22H18F6N4O4. The number of amides is 1. The van der Waals surface area contributed by atoms with Crippen molar-refractivity contribution in [3.63, 3.8) is 0 Å². The molecule has 1 amide bonds. The molecule has 1 aliphatic heterocycles. The molecule has 0 radical (unpaired) electrons. The summed E-state index contributed by atoms with van der Waals surface area (Å²) in [5, 5.41) is 12.6. The maximum Gasteiger partial charge on any atom is 0.416 e. The highest BCUT2D eigenvalue weighted by Crippen LogP contribution is 2.40. The fourth-order valence-corrected chi connectivity index (χ4v) is 4.04. The summed E-state index contributed by atoms with van der Waals surface area (Å²) in [4.78, 5) is 28.8. The van der Waals surface area contributed by atoms with Crippen molar-refractivity contribution >= 4 is 11.9 Å². The molecule has 0 spiro atoms. The Hall–Kier alpha value is -3.68. The molecule has 14 heteroatoms. The minimum atomic E-state index is -5.02. The van der Waals surface area contributed by atoms with Gasteiger partial charge in [0.15, 0.2) is 5.82 Å². The fourth-order valence-electron chi connectivity index (χ4n) is 4.04. The molecule has 1 aromatic carbocycles. The van der Waals surface area contributed by atoms with Crippen molar-refractivity contribution in [1.82, 2.24) is 15.0 Å². The number of carboxylic acid groups (broad SMARTS) is 1. The van der Waals surface area contributed by atoms with E-state index in [4.69, 9.17) is 15.4 Å². The lowest BCUT2D eigenvalue weighted by atomic mass is 9.92. The van der Waals surface area contributed by atoms with Crippen LogP contribution in [0.1, 0.15) is 42.1 Å². The van der Waals surface area contributed by atoms with Crippen LogP contribution in [0.4, 0.5) is 26.3 Å². The topological polar surface area (TPSA) is 123 Å². The van der Waals surface area contributed by atoms with Crippen molar-refractivity contribution in [1.29, 1.82) is 0 Å². The van der Waals surface area contributed by atoms with Gasteiger partial charge in [-0.3, -0.25) is 9.59 Å². The number of alkyl halides is 6. The van der Waals surface area contributed by atoms with Crippen molar-refractivity contribution in [2.24, 2.45) is 5.73 Å². The van der Waals surface area contributed by atoms with Gasteiger partial charge in [0.25, 0.3) is 5.89 Å². The first-order valence-electron chi connectivity index (χ1n) is 10.6. The first kappa shape index (κ1) is 25.4. The maximum atomic E-state index is 13.2. The Kier molecular flexibility index (Phi) is 6.41. The van der Waals surface area contributed by atoms with Crippen LogP contribution in [0.25, 0.3) is 11.5 Å². The second kappa shape index (κ2) is 9.08. The number of aliphatic carboxylic acids is 1. The van der Waals surface area contributed by atoms with Crippen LogP contribution in [-0.2, 0) is 21.9 Å². The molecule has 2 aromatic rings. The molecule has 8 nitrogen and oxygen atoms in total. The average Bonchev–Trinajstić information content (AvgIpc) is 3.44. The van der Waals surface area contributed by atoms with Gasteiger partial charge >= 0.3 is 18.3 Å². The van der Waals surface area contributed by atoms with E-state index in [9.17, 15) is 35.9 Å². The normalized spacial score (nSPS) is 19.0. The number of allylic oxidation sites excluding steroid dienone is 2. The van der Waals surface area contributed by atoms with Crippen LogP contribution in [0.3, 0.4) is 0 Å². The Labute approximate surface area is 199 Å². The summed E-state index contributed by atoms with van der Waals surface area (Å²) in [6, 6.07) is -0.318. The zero-order valence-corrected chi connectivity index (χ0v) is 18.2. The van der Waals surface area contributed by atoms with E-state index in [1.54, 1.807) is 12.2 Å². The molecule has 0 saturated heterocycles. The number of rotatable bonds is 5. The number of hydrogen-bond donors (Lipinski definition) is 2. The lowest BCUT2D eigenvalue weighted by molar-refractivity contribution is -0.143. The maximum absolute atomic E-state index is 13.2. The number of carboxylic acids is 1. The van der Waals surface area contributed by atoms with E-state index in [2.05, 4.69) is 10.1 Å². The third kappa shape index (κ3) is 5.12. The summed E-state index contributed by atoms with van der Waals surface area (Å²) in [6.07, 6.45) is -6.36. The second-order valence-corrected chi connectivity index (χ2v) is 8.36. The summed E-state index contributed by atoms with van der Waals surface area (Å²) >= 11 is 0. The van der Waals surface area contributed by atoms with Gasteiger partial charge in [-0.15, -0.1) is 0 Å². The number of carbonyl (C=O) groups excluding carboxylic acids is 1. The Morgan fingerprint density at radius 1 is 1.14 bits per heavy atom. The van der Waals surface area contributed by atoms with Crippen molar-refractivity contribution < 1.29 is 45.6 Å². The van der Waals surface area contributed by atoms with E-state index >= 15 is 0 Å².